The van der Waals surface area contributed by atoms with Crippen molar-refractivity contribution in [3.8, 4) is 0 Å². The van der Waals surface area contributed by atoms with E-state index in [9.17, 15) is 5.11 Å². The van der Waals surface area contributed by atoms with Gasteiger partial charge in [-0.05, 0) is 54.5 Å². The first kappa shape index (κ1) is 24.9. The summed E-state index contributed by atoms with van der Waals surface area (Å²) < 4.78 is 2.41. The molecule has 1 fully saturated rings. The van der Waals surface area contributed by atoms with Gasteiger partial charge in [-0.25, -0.2) is 4.98 Å². The summed E-state index contributed by atoms with van der Waals surface area (Å²) in [7, 11) is 0. The molecule has 0 radical (unpaired) electrons. The zero-order valence-corrected chi connectivity index (χ0v) is 22.0. The molecule has 6 nitrogen and oxygen atoms in total. The minimum Gasteiger partial charge on any atom is -0.392 e. The van der Waals surface area contributed by atoms with Crippen molar-refractivity contribution in [2.45, 2.75) is 41.8 Å². The number of nitrogens with one attached hydrogen (secondary N) is 2. The van der Waals surface area contributed by atoms with Gasteiger partial charge in [0.1, 0.15) is 5.82 Å². The number of para-hydroxylation sites is 1. The lowest BCUT2D eigenvalue weighted by Gasteiger charge is -2.31. The Balaban J connectivity index is 1.34. The van der Waals surface area contributed by atoms with Crippen LogP contribution in [0.2, 0.25) is 0 Å². The smallest absolute Gasteiger partial charge is 0.225 e. The van der Waals surface area contributed by atoms with Crippen molar-refractivity contribution >= 4 is 46.4 Å². The fraction of sp³-hybridized carbons (Fsp3) is 0.286. The lowest BCUT2D eigenvalue weighted by atomic mass is 10.1. The molecule has 186 valence electrons. The Hall–Kier alpha value is -2.78. The van der Waals surface area contributed by atoms with Gasteiger partial charge in [0.25, 0.3) is 0 Å². The van der Waals surface area contributed by atoms with Gasteiger partial charge in [0.15, 0.2) is 0 Å². The van der Waals surface area contributed by atoms with Crippen LogP contribution in [-0.2, 0) is 13.2 Å². The van der Waals surface area contributed by atoms with E-state index in [1.807, 2.05) is 60.5 Å². The van der Waals surface area contributed by atoms with E-state index in [2.05, 4.69) is 45.5 Å². The summed E-state index contributed by atoms with van der Waals surface area (Å²) in [5.74, 6) is 1.51. The molecule has 0 amide bonds. The van der Waals surface area contributed by atoms with E-state index < -0.39 is 0 Å². The van der Waals surface area contributed by atoms with E-state index in [0.717, 1.165) is 63.6 Å². The standard InChI is InChI=1S/C28H31N5OS2/c1-35-33-16-14-22(15-17-33)30-27-23-10-4-5-11-24(23)31-28(32-27)29-18-20-8-2-6-12-25(20)36-26-13-7-3-9-21(26)19-34/h2-13,22,34H,14-19H2,1H3,(H2,29,30,31,32). The number of nitrogens with zero attached hydrogens (tertiary/aromatic N) is 3. The van der Waals surface area contributed by atoms with Crippen molar-refractivity contribution in [2.75, 3.05) is 30.0 Å². The van der Waals surface area contributed by atoms with Crippen molar-refractivity contribution in [3.05, 3.63) is 83.9 Å². The monoisotopic (exact) mass is 517 g/mol. The third-order valence-corrected chi connectivity index (χ3v) is 8.55. The van der Waals surface area contributed by atoms with Crippen LogP contribution in [0.1, 0.15) is 24.0 Å². The SMILES string of the molecule is CSN1CCC(Nc2nc(NCc3ccccc3Sc3ccccc3CO)nc3ccccc23)CC1. The molecule has 2 heterocycles. The maximum atomic E-state index is 9.72. The van der Waals surface area contributed by atoms with Crippen LogP contribution in [0.5, 0.6) is 0 Å². The summed E-state index contributed by atoms with van der Waals surface area (Å²) in [5, 5.41) is 17.9. The Morgan fingerprint density at radius 2 is 1.56 bits per heavy atom. The van der Waals surface area contributed by atoms with Crippen LogP contribution in [0.4, 0.5) is 11.8 Å². The first-order valence-electron chi connectivity index (χ1n) is 12.2. The lowest BCUT2D eigenvalue weighted by Crippen LogP contribution is -2.35. The third kappa shape index (κ3) is 5.95. The van der Waals surface area contributed by atoms with Crippen molar-refractivity contribution in [3.63, 3.8) is 0 Å². The molecule has 1 aliphatic heterocycles. The molecule has 36 heavy (non-hydrogen) atoms. The third-order valence-electron chi connectivity index (χ3n) is 6.43. The molecule has 0 unspecified atom stereocenters. The maximum absolute atomic E-state index is 9.72. The van der Waals surface area contributed by atoms with Crippen LogP contribution >= 0.6 is 23.7 Å². The molecule has 5 rings (SSSR count). The molecular weight excluding hydrogens is 486 g/mol. The molecule has 0 spiro atoms. The maximum Gasteiger partial charge on any atom is 0.225 e. The second-order valence-corrected chi connectivity index (χ2v) is 10.7. The van der Waals surface area contributed by atoms with Gasteiger partial charge in [-0.15, -0.1) is 0 Å². The van der Waals surface area contributed by atoms with E-state index in [4.69, 9.17) is 9.97 Å². The summed E-state index contributed by atoms with van der Waals surface area (Å²) >= 11 is 3.50. The number of hydrogen-bond acceptors (Lipinski definition) is 8. The zero-order chi connectivity index (χ0) is 24.7. The Labute approximate surface area is 221 Å². The van der Waals surface area contributed by atoms with Crippen LogP contribution in [-0.4, -0.2) is 44.8 Å². The van der Waals surface area contributed by atoms with E-state index >= 15 is 0 Å². The summed E-state index contributed by atoms with van der Waals surface area (Å²) in [6.45, 7) is 2.80. The summed E-state index contributed by atoms with van der Waals surface area (Å²) in [4.78, 5) is 11.9. The first-order chi connectivity index (χ1) is 17.7. The molecule has 0 atom stereocenters. The van der Waals surface area contributed by atoms with Gasteiger partial charge in [-0.2, -0.15) is 4.98 Å². The van der Waals surface area contributed by atoms with E-state index in [0.29, 0.717) is 18.5 Å². The number of benzene rings is 3. The van der Waals surface area contributed by atoms with Crippen LogP contribution in [0.15, 0.2) is 82.6 Å². The van der Waals surface area contributed by atoms with Crippen molar-refractivity contribution in [1.29, 1.82) is 0 Å². The highest BCUT2D eigenvalue weighted by atomic mass is 32.2. The van der Waals surface area contributed by atoms with Crippen molar-refractivity contribution < 1.29 is 5.11 Å². The molecule has 0 bridgehead atoms. The zero-order valence-electron chi connectivity index (χ0n) is 20.4. The Morgan fingerprint density at radius 1 is 0.889 bits per heavy atom. The Kier molecular flexibility index (Phi) is 8.28. The number of aliphatic hydroxyl groups excluding tert-OH is 1. The molecule has 0 saturated carbocycles. The molecule has 3 aromatic carbocycles. The number of anilines is 2. The number of rotatable bonds is 9. The highest BCUT2D eigenvalue weighted by Crippen LogP contribution is 2.33. The molecule has 1 aromatic heterocycles. The summed E-state index contributed by atoms with van der Waals surface area (Å²) in [6.07, 6.45) is 4.34. The largest absolute Gasteiger partial charge is 0.392 e. The average Bonchev–Trinajstić information content (AvgIpc) is 2.93. The number of aliphatic hydroxyl groups is 1. The number of aromatic nitrogens is 2. The predicted octanol–water partition coefficient (Wildman–Crippen LogP) is 6.04. The van der Waals surface area contributed by atoms with Gasteiger partial charge < -0.3 is 15.7 Å². The second kappa shape index (κ2) is 12.0. The quantitative estimate of drug-likeness (QED) is 0.232. The number of hydrogen-bond donors (Lipinski definition) is 3. The predicted molar refractivity (Wildman–Crippen MR) is 152 cm³/mol. The number of fused-ring (bicyclic) bond motifs is 1. The molecule has 3 N–H and O–H groups in total. The topological polar surface area (TPSA) is 73.3 Å². The van der Waals surface area contributed by atoms with Crippen LogP contribution in [0.25, 0.3) is 10.9 Å². The normalized spacial score (nSPS) is 14.7. The molecule has 8 heteroatoms. The molecule has 1 aliphatic rings. The van der Waals surface area contributed by atoms with Crippen LogP contribution in [0.3, 0.4) is 0 Å². The van der Waals surface area contributed by atoms with Crippen LogP contribution < -0.4 is 10.6 Å². The first-order valence-corrected chi connectivity index (χ1v) is 14.2. The Morgan fingerprint density at radius 3 is 2.31 bits per heavy atom. The fourth-order valence-corrected chi connectivity index (χ4v) is 6.06. The lowest BCUT2D eigenvalue weighted by molar-refractivity contribution is 0.279. The summed E-state index contributed by atoms with van der Waals surface area (Å²) in [5.41, 5.74) is 3.02. The van der Waals surface area contributed by atoms with Crippen molar-refractivity contribution in [2.24, 2.45) is 0 Å². The van der Waals surface area contributed by atoms with E-state index in [1.165, 1.54) is 0 Å². The van der Waals surface area contributed by atoms with Crippen molar-refractivity contribution in [1.82, 2.24) is 14.3 Å². The molecule has 1 saturated heterocycles. The minimum atomic E-state index is 0.0284. The van der Waals surface area contributed by atoms with Gasteiger partial charge in [0.2, 0.25) is 5.95 Å². The minimum absolute atomic E-state index is 0.0284. The van der Waals surface area contributed by atoms with Crippen LogP contribution in [0, 0.1) is 0 Å². The van der Waals surface area contributed by atoms with Gasteiger partial charge in [-0.3, -0.25) is 4.31 Å². The summed E-state index contributed by atoms with van der Waals surface area (Å²) in [6, 6.07) is 24.9. The highest BCUT2D eigenvalue weighted by Gasteiger charge is 2.20. The molecule has 0 aliphatic carbocycles. The average molecular weight is 518 g/mol. The van der Waals surface area contributed by atoms with E-state index in [1.54, 1.807) is 11.8 Å². The highest BCUT2D eigenvalue weighted by molar-refractivity contribution is 7.99. The fourth-order valence-electron chi connectivity index (χ4n) is 4.42. The molecular formula is C28H31N5OS2. The second-order valence-electron chi connectivity index (χ2n) is 8.77. The van der Waals surface area contributed by atoms with Gasteiger partial charge >= 0.3 is 0 Å². The number of piperidine rings is 1. The van der Waals surface area contributed by atoms with Gasteiger partial charge in [-0.1, -0.05) is 72.2 Å². The molecule has 4 aromatic rings. The Bertz CT molecular complexity index is 1310. The van der Waals surface area contributed by atoms with Gasteiger partial charge in [0, 0.05) is 40.9 Å². The van der Waals surface area contributed by atoms with E-state index in [-0.39, 0.29) is 6.61 Å². The van der Waals surface area contributed by atoms with Gasteiger partial charge in [0.05, 0.1) is 12.1 Å².